The number of ether oxygens (including phenoxy) is 1. The number of rotatable bonds is 1. The maximum atomic E-state index is 11.4. The number of benzene rings is 1. The Morgan fingerprint density at radius 3 is 3.00 bits per heavy atom. The largest absolute Gasteiger partial charge is 0.367 e. The molecule has 0 radical (unpaired) electrons. The summed E-state index contributed by atoms with van der Waals surface area (Å²) in [5, 5.41) is 2.84. The van der Waals surface area contributed by atoms with Gasteiger partial charge in [-0.25, -0.2) is 0 Å². The van der Waals surface area contributed by atoms with E-state index >= 15 is 0 Å². The van der Waals surface area contributed by atoms with Gasteiger partial charge in [-0.1, -0.05) is 6.07 Å². The van der Waals surface area contributed by atoms with Crippen molar-refractivity contribution in [3.63, 3.8) is 0 Å². The lowest BCUT2D eigenvalue weighted by atomic mass is 10.00. The standard InChI is InChI=1S/C15H14N2O2/c1-10-4-5-16-7-13(10)11-2-3-14-12(6-11)8-19-9-15(18)17-14/h2-7H,8-9H2,1H3,(H,17,18). The number of hydrogen-bond donors (Lipinski definition) is 1. The van der Waals surface area contributed by atoms with Gasteiger partial charge >= 0.3 is 0 Å². The van der Waals surface area contributed by atoms with Crippen LogP contribution in [-0.4, -0.2) is 17.5 Å². The Hall–Kier alpha value is -2.20. The number of fused-ring (bicyclic) bond motifs is 1. The molecule has 1 aliphatic heterocycles. The minimum absolute atomic E-state index is 0.107. The summed E-state index contributed by atoms with van der Waals surface area (Å²) in [6, 6.07) is 7.95. The lowest BCUT2D eigenvalue weighted by molar-refractivity contribution is -0.120. The van der Waals surface area contributed by atoms with Gasteiger partial charge in [-0.3, -0.25) is 9.78 Å². The second kappa shape index (κ2) is 4.82. The SMILES string of the molecule is Cc1ccncc1-c1ccc2c(c1)COCC(=O)N2. The van der Waals surface area contributed by atoms with Crippen molar-refractivity contribution in [2.75, 3.05) is 11.9 Å². The molecular formula is C15H14N2O2. The average molecular weight is 254 g/mol. The van der Waals surface area contributed by atoms with Crippen LogP contribution in [0.15, 0.2) is 36.7 Å². The van der Waals surface area contributed by atoms with Gasteiger partial charge in [0.1, 0.15) is 6.61 Å². The van der Waals surface area contributed by atoms with Crippen LogP contribution >= 0.6 is 0 Å². The van der Waals surface area contributed by atoms with Crippen molar-refractivity contribution in [3.05, 3.63) is 47.8 Å². The molecule has 3 rings (SSSR count). The van der Waals surface area contributed by atoms with Gasteiger partial charge in [0.2, 0.25) is 5.91 Å². The number of aromatic nitrogens is 1. The van der Waals surface area contributed by atoms with Gasteiger partial charge < -0.3 is 10.1 Å². The number of pyridine rings is 1. The second-order valence-electron chi connectivity index (χ2n) is 4.60. The minimum atomic E-state index is -0.107. The summed E-state index contributed by atoms with van der Waals surface area (Å²) in [5.41, 5.74) is 5.18. The number of hydrogen-bond acceptors (Lipinski definition) is 3. The zero-order chi connectivity index (χ0) is 13.2. The van der Waals surface area contributed by atoms with Crippen molar-refractivity contribution in [2.45, 2.75) is 13.5 Å². The van der Waals surface area contributed by atoms with Gasteiger partial charge in [-0.05, 0) is 36.2 Å². The van der Waals surface area contributed by atoms with Crippen LogP contribution in [0.3, 0.4) is 0 Å². The predicted octanol–water partition coefficient (Wildman–Crippen LogP) is 2.53. The van der Waals surface area contributed by atoms with Crippen LogP contribution in [0.5, 0.6) is 0 Å². The summed E-state index contributed by atoms with van der Waals surface area (Å²) in [6.45, 7) is 2.61. The molecule has 4 nitrogen and oxygen atoms in total. The van der Waals surface area contributed by atoms with E-state index in [1.807, 2.05) is 30.5 Å². The molecule has 96 valence electrons. The summed E-state index contributed by atoms with van der Waals surface area (Å²) < 4.78 is 5.33. The van der Waals surface area contributed by atoms with E-state index in [1.54, 1.807) is 6.20 Å². The number of nitrogens with zero attached hydrogens (tertiary/aromatic N) is 1. The number of amides is 1. The van der Waals surface area contributed by atoms with E-state index < -0.39 is 0 Å². The molecule has 1 aromatic heterocycles. The third-order valence-corrected chi connectivity index (χ3v) is 3.22. The maximum Gasteiger partial charge on any atom is 0.250 e. The first-order chi connectivity index (χ1) is 9.24. The molecular weight excluding hydrogens is 240 g/mol. The zero-order valence-electron chi connectivity index (χ0n) is 10.6. The molecule has 1 aromatic carbocycles. The van der Waals surface area contributed by atoms with E-state index in [4.69, 9.17) is 4.74 Å². The number of nitrogens with one attached hydrogen (secondary N) is 1. The number of anilines is 1. The third kappa shape index (κ3) is 2.35. The van der Waals surface area contributed by atoms with E-state index in [9.17, 15) is 4.79 Å². The molecule has 0 aliphatic carbocycles. The van der Waals surface area contributed by atoms with E-state index in [2.05, 4.69) is 17.2 Å². The first kappa shape index (κ1) is 11.9. The van der Waals surface area contributed by atoms with Crippen molar-refractivity contribution in [2.24, 2.45) is 0 Å². The number of aryl methyl sites for hydroxylation is 1. The highest BCUT2D eigenvalue weighted by atomic mass is 16.5. The summed E-state index contributed by atoms with van der Waals surface area (Å²) in [4.78, 5) is 15.6. The predicted molar refractivity (Wildman–Crippen MR) is 72.7 cm³/mol. The van der Waals surface area contributed by atoms with Crippen LogP contribution in [0.25, 0.3) is 11.1 Å². The Morgan fingerprint density at radius 1 is 1.26 bits per heavy atom. The number of carbonyl (C=O) groups excluding carboxylic acids is 1. The molecule has 0 spiro atoms. The monoisotopic (exact) mass is 254 g/mol. The highest BCUT2D eigenvalue weighted by Gasteiger charge is 2.14. The van der Waals surface area contributed by atoms with Crippen molar-refractivity contribution >= 4 is 11.6 Å². The zero-order valence-corrected chi connectivity index (χ0v) is 10.6. The molecule has 1 amide bonds. The van der Waals surface area contributed by atoms with Gasteiger partial charge in [0.25, 0.3) is 0 Å². The Balaban J connectivity index is 2.04. The second-order valence-corrected chi connectivity index (χ2v) is 4.60. The topological polar surface area (TPSA) is 51.2 Å². The van der Waals surface area contributed by atoms with E-state index in [0.717, 1.165) is 22.4 Å². The molecule has 19 heavy (non-hydrogen) atoms. The van der Waals surface area contributed by atoms with Crippen LogP contribution in [0.1, 0.15) is 11.1 Å². The van der Waals surface area contributed by atoms with Crippen LogP contribution < -0.4 is 5.32 Å². The molecule has 4 heteroatoms. The molecule has 0 bridgehead atoms. The highest BCUT2D eigenvalue weighted by Crippen LogP contribution is 2.28. The van der Waals surface area contributed by atoms with E-state index in [1.165, 1.54) is 5.56 Å². The van der Waals surface area contributed by atoms with Crippen molar-refractivity contribution in [1.82, 2.24) is 4.98 Å². The maximum absolute atomic E-state index is 11.4. The molecule has 0 unspecified atom stereocenters. The van der Waals surface area contributed by atoms with E-state index in [-0.39, 0.29) is 12.5 Å². The van der Waals surface area contributed by atoms with Gasteiger partial charge in [0.15, 0.2) is 0 Å². The van der Waals surface area contributed by atoms with E-state index in [0.29, 0.717) is 6.61 Å². The van der Waals surface area contributed by atoms with Crippen LogP contribution in [0.4, 0.5) is 5.69 Å². The fourth-order valence-corrected chi connectivity index (χ4v) is 2.21. The first-order valence-electron chi connectivity index (χ1n) is 6.15. The van der Waals surface area contributed by atoms with Gasteiger partial charge in [0, 0.05) is 29.2 Å². The Kier molecular flexibility index (Phi) is 3.01. The van der Waals surface area contributed by atoms with Gasteiger partial charge in [-0.15, -0.1) is 0 Å². The van der Waals surface area contributed by atoms with Crippen molar-refractivity contribution < 1.29 is 9.53 Å². The highest BCUT2D eigenvalue weighted by molar-refractivity contribution is 5.93. The quantitative estimate of drug-likeness (QED) is 0.850. The first-order valence-corrected chi connectivity index (χ1v) is 6.15. The average Bonchev–Trinajstić information content (AvgIpc) is 2.59. The molecule has 0 saturated carbocycles. The molecule has 0 saturated heterocycles. The summed E-state index contributed by atoms with van der Waals surface area (Å²) in [7, 11) is 0. The van der Waals surface area contributed by atoms with Gasteiger partial charge in [0.05, 0.1) is 6.61 Å². The summed E-state index contributed by atoms with van der Waals surface area (Å²) in [5.74, 6) is -0.107. The lowest BCUT2D eigenvalue weighted by Gasteiger charge is -2.10. The van der Waals surface area contributed by atoms with Crippen LogP contribution in [-0.2, 0) is 16.1 Å². The van der Waals surface area contributed by atoms with Crippen molar-refractivity contribution in [1.29, 1.82) is 0 Å². The number of carbonyl (C=O) groups is 1. The smallest absolute Gasteiger partial charge is 0.250 e. The molecule has 2 aromatic rings. The molecule has 1 aliphatic rings. The Bertz CT molecular complexity index is 638. The minimum Gasteiger partial charge on any atom is -0.367 e. The van der Waals surface area contributed by atoms with Gasteiger partial charge in [-0.2, -0.15) is 0 Å². The third-order valence-electron chi connectivity index (χ3n) is 3.22. The molecule has 0 atom stereocenters. The Morgan fingerprint density at radius 2 is 2.16 bits per heavy atom. The molecule has 2 heterocycles. The fourth-order valence-electron chi connectivity index (χ4n) is 2.21. The van der Waals surface area contributed by atoms with Crippen molar-refractivity contribution in [3.8, 4) is 11.1 Å². The molecule has 0 fully saturated rings. The lowest BCUT2D eigenvalue weighted by Crippen LogP contribution is -2.14. The molecule has 1 N–H and O–H groups in total. The summed E-state index contributed by atoms with van der Waals surface area (Å²) >= 11 is 0. The fraction of sp³-hybridized carbons (Fsp3) is 0.200. The normalized spacial score (nSPS) is 14.5. The summed E-state index contributed by atoms with van der Waals surface area (Å²) in [6.07, 6.45) is 3.64. The Labute approximate surface area is 111 Å². The van der Waals surface area contributed by atoms with Crippen LogP contribution in [0.2, 0.25) is 0 Å². The van der Waals surface area contributed by atoms with Crippen LogP contribution in [0, 0.1) is 6.92 Å².